The lowest BCUT2D eigenvalue weighted by atomic mass is 10.1. The van der Waals surface area contributed by atoms with Crippen LogP contribution in [0.3, 0.4) is 0 Å². The van der Waals surface area contributed by atoms with Crippen LogP contribution in [0.25, 0.3) is 0 Å². The van der Waals surface area contributed by atoms with E-state index in [1.54, 1.807) is 0 Å². The number of hydrogen-bond donors (Lipinski definition) is 1. The van der Waals surface area contributed by atoms with Crippen LogP contribution < -0.4 is 5.32 Å². The van der Waals surface area contributed by atoms with Gasteiger partial charge in [-0.3, -0.25) is 4.90 Å². The molecule has 14 heavy (non-hydrogen) atoms. The number of nitrogens with zero attached hydrogens (tertiary/aromatic N) is 1. The topological polar surface area (TPSA) is 15.3 Å². The maximum Gasteiger partial charge on any atom is 0.0192 e. The molecule has 0 spiro atoms. The van der Waals surface area contributed by atoms with Gasteiger partial charge in [-0.05, 0) is 38.1 Å². The van der Waals surface area contributed by atoms with E-state index in [0.29, 0.717) is 0 Å². The van der Waals surface area contributed by atoms with Gasteiger partial charge in [-0.2, -0.15) is 0 Å². The summed E-state index contributed by atoms with van der Waals surface area (Å²) in [7, 11) is 0. The van der Waals surface area contributed by atoms with Crippen molar-refractivity contribution in [2.45, 2.75) is 51.6 Å². The van der Waals surface area contributed by atoms with E-state index in [1.807, 2.05) is 0 Å². The molecule has 2 nitrogen and oxygen atoms in total. The lowest BCUT2D eigenvalue weighted by Gasteiger charge is -2.30. The van der Waals surface area contributed by atoms with Crippen LogP contribution in [0.15, 0.2) is 0 Å². The maximum absolute atomic E-state index is 3.58. The predicted molar refractivity (Wildman–Crippen MR) is 60.5 cm³/mol. The van der Waals surface area contributed by atoms with Gasteiger partial charge in [0, 0.05) is 25.2 Å². The van der Waals surface area contributed by atoms with Gasteiger partial charge in [0.25, 0.3) is 0 Å². The fraction of sp³-hybridized carbons (Fsp3) is 1.00. The molecule has 3 atom stereocenters. The Kier molecular flexibility index (Phi) is 3.45. The number of likely N-dealkylation sites (tertiary alicyclic amines) is 1. The van der Waals surface area contributed by atoms with Crippen molar-refractivity contribution in [2.24, 2.45) is 5.92 Å². The number of likely N-dealkylation sites (N-methyl/N-ethyl adjacent to an activating group) is 1. The Hall–Kier alpha value is -0.0800. The summed E-state index contributed by atoms with van der Waals surface area (Å²) in [6.45, 7) is 8.28. The minimum Gasteiger partial charge on any atom is -0.313 e. The van der Waals surface area contributed by atoms with Crippen molar-refractivity contribution in [1.29, 1.82) is 0 Å². The average molecular weight is 196 g/mol. The molecule has 1 aliphatic carbocycles. The molecule has 2 bridgehead atoms. The molecule has 3 unspecified atom stereocenters. The third-order valence-corrected chi connectivity index (χ3v) is 3.96. The van der Waals surface area contributed by atoms with E-state index >= 15 is 0 Å². The Labute approximate surface area is 88.1 Å². The van der Waals surface area contributed by atoms with E-state index in [0.717, 1.165) is 24.5 Å². The van der Waals surface area contributed by atoms with Crippen molar-refractivity contribution in [1.82, 2.24) is 10.2 Å². The summed E-state index contributed by atoms with van der Waals surface area (Å²) in [5.74, 6) is 1.04. The lowest BCUT2D eigenvalue weighted by molar-refractivity contribution is 0.190. The first-order valence-electron chi connectivity index (χ1n) is 6.30. The van der Waals surface area contributed by atoms with Crippen molar-refractivity contribution >= 4 is 0 Å². The normalized spacial score (nSPS) is 33.9. The van der Waals surface area contributed by atoms with Crippen molar-refractivity contribution in [3.8, 4) is 0 Å². The Morgan fingerprint density at radius 2 is 2.21 bits per heavy atom. The Balaban J connectivity index is 1.79. The molecule has 0 aromatic heterocycles. The van der Waals surface area contributed by atoms with Crippen molar-refractivity contribution in [3.63, 3.8) is 0 Å². The summed E-state index contributed by atoms with van der Waals surface area (Å²) in [5, 5.41) is 3.58. The average Bonchev–Trinajstić information content (AvgIpc) is 2.78. The number of piperidine rings is 1. The minimum absolute atomic E-state index is 0.722. The zero-order valence-corrected chi connectivity index (χ0v) is 9.63. The van der Waals surface area contributed by atoms with E-state index in [4.69, 9.17) is 0 Å². The molecule has 1 saturated carbocycles. The molecular weight excluding hydrogens is 172 g/mol. The summed E-state index contributed by atoms with van der Waals surface area (Å²) in [6, 6.07) is 1.66. The van der Waals surface area contributed by atoms with Crippen molar-refractivity contribution in [3.05, 3.63) is 0 Å². The first-order chi connectivity index (χ1) is 6.83. The third kappa shape index (κ3) is 2.12. The van der Waals surface area contributed by atoms with Crippen LogP contribution in [0.2, 0.25) is 0 Å². The van der Waals surface area contributed by atoms with Gasteiger partial charge in [0.15, 0.2) is 0 Å². The molecule has 1 saturated heterocycles. The van der Waals surface area contributed by atoms with Crippen LogP contribution >= 0.6 is 0 Å². The highest BCUT2D eigenvalue weighted by Crippen LogP contribution is 2.37. The molecule has 82 valence electrons. The van der Waals surface area contributed by atoms with Crippen LogP contribution in [-0.4, -0.2) is 36.6 Å². The standard InChI is InChI=1S/C12H24N2/c1-3-11(13-4-2)9-14-8-10-5-6-12(14)7-10/h10-13H,3-9H2,1-2H3. The fourth-order valence-corrected chi connectivity index (χ4v) is 3.16. The molecule has 2 fully saturated rings. The summed E-state index contributed by atoms with van der Waals surface area (Å²) in [5.41, 5.74) is 0. The quantitative estimate of drug-likeness (QED) is 0.722. The SMILES string of the molecule is CCNC(CC)CN1CC2CCC1C2. The highest BCUT2D eigenvalue weighted by Gasteiger charge is 2.37. The van der Waals surface area contributed by atoms with Gasteiger partial charge in [0.05, 0.1) is 0 Å². The van der Waals surface area contributed by atoms with E-state index < -0.39 is 0 Å². The maximum atomic E-state index is 3.58. The van der Waals surface area contributed by atoms with Gasteiger partial charge >= 0.3 is 0 Å². The Morgan fingerprint density at radius 3 is 2.71 bits per heavy atom. The zero-order valence-electron chi connectivity index (χ0n) is 9.63. The molecule has 2 rings (SSSR count). The molecule has 0 amide bonds. The Morgan fingerprint density at radius 1 is 1.36 bits per heavy atom. The fourth-order valence-electron chi connectivity index (χ4n) is 3.16. The molecule has 0 radical (unpaired) electrons. The summed E-state index contributed by atoms with van der Waals surface area (Å²) in [4.78, 5) is 2.73. The number of hydrogen-bond acceptors (Lipinski definition) is 2. The number of rotatable bonds is 5. The molecular formula is C12H24N2. The van der Waals surface area contributed by atoms with Gasteiger partial charge in [-0.15, -0.1) is 0 Å². The first-order valence-corrected chi connectivity index (χ1v) is 6.30. The van der Waals surface area contributed by atoms with Crippen molar-refractivity contribution < 1.29 is 0 Å². The molecule has 1 N–H and O–H groups in total. The lowest BCUT2D eigenvalue weighted by Crippen LogP contribution is -2.43. The van der Waals surface area contributed by atoms with Crippen LogP contribution in [-0.2, 0) is 0 Å². The van der Waals surface area contributed by atoms with Gasteiger partial charge in [-0.25, -0.2) is 0 Å². The second kappa shape index (κ2) is 4.63. The van der Waals surface area contributed by atoms with Crippen LogP contribution in [0, 0.1) is 5.92 Å². The molecule has 2 aliphatic rings. The summed E-state index contributed by atoms with van der Waals surface area (Å²) < 4.78 is 0. The number of fused-ring (bicyclic) bond motifs is 2. The van der Waals surface area contributed by atoms with Gasteiger partial charge in [-0.1, -0.05) is 13.8 Å². The van der Waals surface area contributed by atoms with E-state index in [1.165, 1.54) is 38.8 Å². The Bertz CT molecular complexity index is 181. The van der Waals surface area contributed by atoms with E-state index in [-0.39, 0.29) is 0 Å². The van der Waals surface area contributed by atoms with Crippen LogP contribution in [0.5, 0.6) is 0 Å². The van der Waals surface area contributed by atoms with E-state index in [9.17, 15) is 0 Å². The monoisotopic (exact) mass is 196 g/mol. The highest BCUT2D eigenvalue weighted by atomic mass is 15.2. The second-order valence-corrected chi connectivity index (χ2v) is 4.95. The summed E-state index contributed by atoms with van der Waals surface area (Å²) in [6.07, 6.45) is 5.72. The third-order valence-electron chi connectivity index (χ3n) is 3.96. The molecule has 0 aromatic carbocycles. The predicted octanol–water partition coefficient (Wildman–Crippen LogP) is 1.86. The largest absolute Gasteiger partial charge is 0.313 e. The van der Waals surface area contributed by atoms with E-state index in [2.05, 4.69) is 24.1 Å². The van der Waals surface area contributed by atoms with Gasteiger partial charge < -0.3 is 5.32 Å². The molecule has 1 aliphatic heterocycles. The highest BCUT2D eigenvalue weighted by molar-refractivity contribution is 4.93. The van der Waals surface area contributed by atoms with Crippen LogP contribution in [0.1, 0.15) is 39.5 Å². The first kappa shape index (κ1) is 10.4. The smallest absolute Gasteiger partial charge is 0.0192 e. The molecule has 1 heterocycles. The summed E-state index contributed by atoms with van der Waals surface area (Å²) >= 11 is 0. The second-order valence-electron chi connectivity index (χ2n) is 4.95. The molecule has 0 aromatic rings. The van der Waals surface area contributed by atoms with Gasteiger partial charge in [0.2, 0.25) is 0 Å². The molecule has 2 heteroatoms. The van der Waals surface area contributed by atoms with Crippen LogP contribution in [0.4, 0.5) is 0 Å². The number of nitrogens with one attached hydrogen (secondary N) is 1. The minimum atomic E-state index is 0.722. The van der Waals surface area contributed by atoms with Gasteiger partial charge in [0.1, 0.15) is 0 Å². The van der Waals surface area contributed by atoms with Crippen molar-refractivity contribution in [2.75, 3.05) is 19.6 Å². The zero-order chi connectivity index (χ0) is 9.97.